The van der Waals surface area contributed by atoms with Crippen LogP contribution in [0.5, 0.6) is 0 Å². The lowest BCUT2D eigenvalue weighted by Crippen LogP contribution is -2.40. The van der Waals surface area contributed by atoms with E-state index in [9.17, 15) is 14.4 Å². The van der Waals surface area contributed by atoms with Gasteiger partial charge in [-0.15, -0.1) is 0 Å². The lowest BCUT2D eigenvalue weighted by Gasteiger charge is -2.30. The van der Waals surface area contributed by atoms with E-state index >= 15 is 0 Å². The summed E-state index contributed by atoms with van der Waals surface area (Å²) in [5.74, 6) is -0.0619. The van der Waals surface area contributed by atoms with Crippen molar-refractivity contribution in [3.8, 4) is 0 Å². The minimum Gasteiger partial charge on any atom is -0.325 e. The van der Waals surface area contributed by atoms with Crippen LogP contribution in [0.2, 0.25) is 0 Å². The number of rotatable bonds is 2. The van der Waals surface area contributed by atoms with E-state index < -0.39 is 0 Å². The van der Waals surface area contributed by atoms with Gasteiger partial charge < -0.3 is 10.2 Å². The summed E-state index contributed by atoms with van der Waals surface area (Å²) in [5.41, 5.74) is 2.14. The number of carbonyl (C=O) groups is 3. The summed E-state index contributed by atoms with van der Waals surface area (Å²) in [6.07, 6.45) is 2.04. The van der Waals surface area contributed by atoms with E-state index in [2.05, 4.69) is 17.2 Å². The van der Waals surface area contributed by atoms with Gasteiger partial charge in [-0.3, -0.25) is 9.59 Å². The third-order valence-corrected chi connectivity index (χ3v) is 6.69. The molecule has 0 atom stereocenters. The summed E-state index contributed by atoms with van der Waals surface area (Å²) in [5, 5.41) is 3.29. The highest BCUT2D eigenvalue weighted by Crippen LogP contribution is 2.35. The molecule has 30 heavy (non-hydrogen) atoms. The van der Waals surface area contributed by atoms with E-state index in [-0.39, 0.29) is 17.8 Å². The molecule has 152 valence electrons. The topological polar surface area (TPSA) is 82.6 Å². The zero-order valence-electron chi connectivity index (χ0n) is 16.4. The molecule has 4 amide bonds. The lowest BCUT2D eigenvalue weighted by atomic mass is 10.00. The summed E-state index contributed by atoms with van der Waals surface area (Å²) in [7, 11) is 0. The van der Waals surface area contributed by atoms with Gasteiger partial charge in [-0.1, -0.05) is 30.4 Å². The Labute approximate surface area is 177 Å². The lowest BCUT2D eigenvalue weighted by molar-refractivity contribution is 0.0926. The van der Waals surface area contributed by atoms with Gasteiger partial charge in [0.15, 0.2) is 0 Å². The first-order chi connectivity index (χ1) is 14.5. The van der Waals surface area contributed by atoms with Crippen LogP contribution in [-0.2, 0) is 0 Å². The maximum Gasteiger partial charge on any atom is 0.321 e. The molecule has 0 aliphatic carbocycles. The maximum atomic E-state index is 12.7. The third kappa shape index (κ3) is 3.13. The summed E-state index contributed by atoms with van der Waals surface area (Å²) < 4.78 is 0.798. The maximum absolute atomic E-state index is 12.7. The average Bonchev–Trinajstić information content (AvgIpc) is 3.27. The molecular weight excluding hydrogens is 400 g/mol. The minimum absolute atomic E-state index is 0.105. The molecule has 2 aliphatic heterocycles. The Bertz CT molecular complexity index is 1150. The number of likely N-dealkylation sites (tertiary alicyclic amines) is 1. The van der Waals surface area contributed by atoms with Crippen molar-refractivity contribution in [3.63, 3.8) is 0 Å². The van der Waals surface area contributed by atoms with Crippen molar-refractivity contribution in [1.82, 2.24) is 9.88 Å². The molecule has 0 bridgehead atoms. The van der Waals surface area contributed by atoms with Crippen LogP contribution >= 0.6 is 11.3 Å². The highest BCUT2D eigenvalue weighted by atomic mass is 32.1. The van der Waals surface area contributed by atoms with Crippen LogP contribution in [0.15, 0.2) is 42.5 Å². The molecule has 7 nitrogen and oxygen atoms in total. The van der Waals surface area contributed by atoms with E-state index in [1.807, 2.05) is 11.0 Å². The monoisotopic (exact) mass is 420 g/mol. The Morgan fingerprint density at radius 1 is 1.07 bits per heavy atom. The van der Waals surface area contributed by atoms with Crippen LogP contribution in [0.1, 0.15) is 40.5 Å². The first kappa shape index (κ1) is 18.7. The fourth-order valence-corrected chi connectivity index (χ4v) is 4.86. The molecule has 1 aromatic heterocycles. The molecule has 2 aromatic carbocycles. The van der Waals surface area contributed by atoms with Crippen molar-refractivity contribution in [1.29, 1.82) is 0 Å². The van der Waals surface area contributed by atoms with Crippen molar-refractivity contribution >= 4 is 50.2 Å². The summed E-state index contributed by atoms with van der Waals surface area (Å²) in [4.78, 5) is 45.4. The second-order valence-corrected chi connectivity index (χ2v) is 8.78. The first-order valence-electron chi connectivity index (χ1n) is 9.95. The standard InChI is InChI=1S/C22H20N4O3S/c1-13-8-10-25(11-9-13)21(29)23-14-6-7-17-18(12-14)30-22(24-17)26-19(27)15-4-2-3-5-16(15)20(26)28/h2-7,12-13H,8-11H2,1H3,(H,23,29). The summed E-state index contributed by atoms with van der Waals surface area (Å²) in [6.45, 7) is 3.73. The Kier molecular flexibility index (Phi) is 4.51. The van der Waals surface area contributed by atoms with Crippen molar-refractivity contribution in [2.75, 3.05) is 23.3 Å². The number of urea groups is 1. The quantitative estimate of drug-likeness (QED) is 0.625. The Balaban J connectivity index is 1.38. The van der Waals surface area contributed by atoms with E-state index in [4.69, 9.17) is 0 Å². The van der Waals surface area contributed by atoms with Gasteiger partial charge in [0.05, 0.1) is 21.3 Å². The molecule has 2 aliphatic rings. The average molecular weight is 420 g/mol. The molecular formula is C22H20N4O3S. The van der Waals surface area contributed by atoms with Crippen molar-refractivity contribution in [3.05, 3.63) is 53.6 Å². The number of thiazole rings is 1. The van der Waals surface area contributed by atoms with Crippen LogP contribution < -0.4 is 10.2 Å². The van der Waals surface area contributed by atoms with E-state index in [0.29, 0.717) is 33.4 Å². The van der Waals surface area contributed by atoms with Gasteiger partial charge in [0, 0.05) is 18.8 Å². The molecule has 0 radical (unpaired) electrons. The molecule has 5 rings (SSSR count). The Morgan fingerprint density at radius 2 is 1.73 bits per heavy atom. The molecule has 0 saturated carbocycles. The van der Waals surface area contributed by atoms with E-state index in [1.54, 1.807) is 36.4 Å². The zero-order chi connectivity index (χ0) is 20.8. The number of benzene rings is 2. The molecule has 8 heteroatoms. The normalized spacial score (nSPS) is 17.0. The van der Waals surface area contributed by atoms with Crippen LogP contribution in [-0.4, -0.2) is 40.8 Å². The second kappa shape index (κ2) is 7.21. The largest absolute Gasteiger partial charge is 0.325 e. The van der Waals surface area contributed by atoms with Gasteiger partial charge in [-0.05, 0) is 49.1 Å². The second-order valence-electron chi connectivity index (χ2n) is 7.77. The molecule has 3 heterocycles. The molecule has 0 spiro atoms. The van der Waals surface area contributed by atoms with E-state index in [1.165, 1.54) is 11.3 Å². The number of aromatic nitrogens is 1. The number of fused-ring (bicyclic) bond motifs is 2. The number of imide groups is 1. The van der Waals surface area contributed by atoms with Crippen LogP contribution in [0.3, 0.4) is 0 Å². The predicted octanol–water partition coefficient (Wildman–Crippen LogP) is 4.36. The highest BCUT2D eigenvalue weighted by Gasteiger charge is 2.38. The van der Waals surface area contributed by atoms with Gasteiger partial charge in [-0.25, -0.2) is 14.7 Å². The number of hydrogen-bond donors (Lipinski definition) is 1. The van der Waals surface area contributed by atoms with Crippen molar-refractivity contribution < 1.29 is 14.4 Å². The van der Waals surface area contributed by atoms with Crippen LogP contribution in [0.25, 0.3) is 10.2 Å². The predicted molar refractivity (Wildman–Crippen MR) is 116 cm³/mol. The number of carbonyl (C=O) groups excluding carboxylic acids is 3. The van der Waals surface area contributed by atoms with E-state index in [0.717, 1.165) is 35.5 Å². The molecule has 1 N–H and O–H groups in total. The number of nitrogens with one attached hydrogen (secondary N) is 1. The Morgan fingerprint density at radius 3 is 2.40 bits per heavy atom. The fraction of sp³-hybridized carbons (Fsp3) is 0.273. The van der Waals surface area contributed by atoms with Gasteiger partial charge in [0.25, 0.3) is 11.8 Å². The zero-order valence-corrected chi connectivity index (χ0v) is 17.2. The van der Waals surface area contributed by atoms with Gasteiger partial charge in [-0.2, -0.15) is 0 Å². The smallest absolute Gasteiger partial charge is 0.321 e. The summed E-state index contributed by atoms with van der Waals surface area (Å²) >= 11 is 1.26. The number of nitrogens with zero attached hydrogens (tertiary/aromatic N) is 3. The molecule has 1 fully saturated rings. The number of hydrogen-bond acceptors (Lipinski definition) is 5. The third-order valence-electron chi connectivity index (χ3n) is 5.68. The summed E-state index contributed by atoms with van der Waals surface area (Å²) in [6, 6.07) is 12.1. The number of anilines is 2. The van der Waals surface area contributed by atoms with Gasteiger partial charge in [0.2, 0.25) is 5.13 Å². The molecule has 1 saturated heterocycles. The number of piperidine rings is 1. The molecule has 0 unspecified atom stereocenters. The molecule has 3 aromatic rings. The number of amides is 4. The van der Waals surface area contributed by atoms with Crippen molar-refractivity contribution in [2.45, 2.75) is 19.8 Å². The van der Waals surface area contributed by atoms with Gasteiger partial charge in [0.1, 0.15) is 0 Å². The Hall–Kier alpha value is -3.26. The van der Waals surface area contributed by atoms with Crippen LogP contribution in [0.4, 0.5) is 15.6 Å². The minimum atomic E-state index is -0.359. The SMILES string of the molecule is CC1CCN(C(=O)Nc2ccc3nc(N4C(=O)c5ccccc5C4=O)sc3c2)CC1. The van der Waals surface area contributed by atoms with Gasteiger partial charge >= 0.3 is 6.03 Å². The highest BCUT2D eigenvalue weighted by molar-refractivity contribution is 7.22. The van der Waals surface area contributed by atoms with Crippen LogP contribution in [0, 0.1) is 5.92 Å². The van der Waals surface area contributed by atoms with Crippen molar-refractivity contribution in [2.24, 2.45) is 5.92 Å². The fourth-order valence-electron chi connectivity index (χ4n) is 3.86. The first-order valence-corrected chi connectivity index (χ1v) is 10.8.